The van der Waals surface area contributed by atoms with Crippen molar-refractivity contribution in [3.63, 3.8) is 0 Å². The van der Waals surface area contributed by atoms with E-state index < -0.39 is 17.1 Å². The molecule has 1 aliphatic heterocycles. The summed E-state index contributed by atoms with van der Waals surface area (Å²) in [5.74, 6) is -0.184. The van der Waals surface area contributed by atoms with Gasteiger partial charge >= 0.3 is 0 Å². The van der Waals surface area contributed by atoms with E-state index in [0.717, 1.165) is 41.4 Å². The van der Waals surface area contributed by atoms with Gasteiger partial charge in [0.05, 0.1) is 25.0 Å². The number of carbonyl (C=O) groups excluding carboxylic acids is 3. The standard InChI is InChI=1S/C43H41N5O5S2/c1-4-38(42(51)47-43-34(25-44)33-20-21-48(27-39(33)55-43)26-28-12-7-5-8-13-28)54-32-17-11-16-31(24-32)45-41(50)35(46-40(49)30-14-9-6-10-15-30)22-29-18-19-36(52-2)37(23-29)53-3/h5-19,22-24,38H,4,20-21,26-27H2,1-3H3,(H,45,50)(H,46,49)(H,47,51)/b35-22+. The Balaban J connectivity index is 1.15. The van der Waals surface area contributed by atoms with Crippen LogP contribution < -0.4 is 25.4 Å². The first-order valence-electron chi connectivity index (χ1n) is 17.8. The summed E-state index contributed by atoms with van der Waals surface area (Å²) < 4.78 is 10.8. The van der Waals surface area contributed by atoms with Crippen LogP contribution >= 0.6 is 23.1 Å². The van der Waals surface area contributed by atoms with Crippen molar-refractivity contribution in [3.8, 4) is 17.6 Å². The molecule has 55 heavy (non-hydrogen) atoms. The number of benzene rings is 4. The van der Waals surface area contributed by atoms with Gasteiger partial charge in [0.1, 0.15) is 16.8 Å². The lowest BCUT2D eigenvalue weighted by Gasteiger charge is -2.26. The number of ether oxygens (including phenoxy) is 2. The molecule has 4 aromatic carbocycles. The van der Waals surface area contributed by atoms with E-state index in [1.165, 1.54) is 42.9 Å². The van der Waals surface area contributed by atoms with E-state index in [0.29, 0.717) is 45.3 Å². The van der Waals surface area contributed by atoms with Crippen LogP contribution in [0.2, 0.25) is 0 Å². The summed E-state index contributed by atoms with van der Waals surface area (Å²) in [5.41, 5.74) is 4.31. The highest BCUT2D eigenvalue weighted by Crippen LogP contribution is 2.38. The quantitative estimate of drug-likeness (QED) is 0.0762. The monoisotopic (exact) mass is 771 g/mol. The van der Waals surface area contributed by atoms with Crippen LogP contribution in [0.1, 0.15) is 50.8 Å². The Morgan fingerprint density at radius 1 is 0.927 bits per heavy atom. The molecule has 0 fully saturated rings. The van der Waals surface area contributed by atoms with E-state index in [1.807, 2.05) is 31.2 Å². The van der Waals surface area contributed by atoms with Crippen molar-refractivity contribution in [3.05, 3.63) is 142 Å². The second-order valence-electron chi connectivity index (χ2n) is 12.7. The summed E-state index contributed by atoms with van der Waals surface area (Å²) in [7, 11) is 3.06. The van der Waals surface area contributed by atoms with Crippen molar-refractivity contribution >= 4 is 57.6 Å². The van der Waals surface area contributed by atoms with E-state index >= 15 is 0 Å². The van der Waals surface area contributed by atoms with Crippen LogP contribution in [0.5, 0.6) is 11.5 Å². The van der Waals surface area contributed by atoms with Gasteiger partial charge in [0, 0.05) is 40.7 Å². The van der Waals surface area contributed by atoms with E-state index in [4.69, 9.17) is 9.47 Å². The smallest absolute Gasteiger partial charge is 0.272 e. The summed E-state index contributed by atoms with van der Waals surface area (Å²) in [6, 6.07) is 33.7. The topological polar surface area (TPSA) is 133 Å². The molecule has 0 saturated carbocycles. The lowest BCUT2D eigenvalue weighted by molar-refractivity contribution is -0.116. The second-order valence-corrected chi connectivity index (χ2v) is 15.1. The summed E-state index contributed by atoms with van der Waals surface area (Å²) in [5, 5.41) is 19.0. The van der Waals surface area contributed by atoms with Gasteiger partial charge in [-0.15, -0.1) is 23.1 Å². The first kappa shape index (κ1) is 38.8. The molecule has 280 valence electrons. The molecule has 0 spiro atoms. The van der Waals surface area contributed by atoms with Crippen LogP contribution in [0.15, 0.2) is 114 Å². The third-order valence-electron chi connectivity index (χ3n) is 9.01. The SMILES string of the molecule is CCC(Sc1cccc(NC(=O)/C(=C\c2ccc(OC)c(OC)c2)NC(=O)c2ccccc2)c1)C(=O)Nc1sc2c(c1C#N)CCN(Cc1ccccc1)C2. The zero-order valence-electron chi connectivity index (χ0n) is 30.8. The maximum absolute atomic E-state index is 13.8. The Morgan fingerprint density at radius 3 is 2.38 bits per heavy atom. The molecule has 2 heterocycles. The number of thioether (sulfide) groups is 1. The number of fused-ring (bicyclic) bond motifs is 1. The molecule has 0 radical (unpaired) electrons. The van der Waals surface area contributed by atoms with E-state index in [1.54, 1.807) is 72.8 Å². The maximum Gasteiger partial charge on any atom is 0.272 e. The van der Waals surface area contributed by atoms with Gasteiger partial charge in [0.25, 0.3) is 11.8 Å². The number of thiophene rings is 1. The van der Waals surface area contributed by atoms with Gasteiger partial charge in [-0.1, -0.05) is 67.6 Å². The van der Waals surface area contributed by atoms with Gasteiger partial charge in [-0.2, -0.15) is 5.26 Å². The fraction of sp³-hybridized carbons (Fsp3) is 0.209. The normalized spacial score (nSPS) is 13.2. The van der Waals surface area contributed by atoms with E-state index in [2.05, 4.69) is 39.1 Å². The number of nitrogens with one attached hydrogen (secondary N) is 3. The van der Waals surface area contributed by atoms with Crippen molar-refractivity contribution in [1.82, 2.24) is 10.2 Å². The molecule has 5 aromatic rings. The van der Waals surface area contributed by atoms with Crippen molar-refractivity contribution in [2.75, 3.05) is 31.4 Å². The Labute approximate surface area is 329 Å². The Hall–Kier alpha value is -5.87. The largest absolute Gasteiger partial charge is 0.493 e. The van der Waals surface area contributed by atoms with Crippen LogP contribution in [0.3, 0.4) is 0 Å². The molecular formula is C43H41N5O5S2. The minimum Gasteiger partial charge on any atom is -0.493 e. The third kappa shape index (κ3) is 9.82. The molecule has 1 aromatic heterocycles. The number of hydrogen-bond acceptors (Lipinski definition) is 9. The van der Waals surface area contributed by atoms with Crippen molar-refractivity contribution in [2.45, 2.75) is 43.0 Å². The van der Waals surface area contributed by atoms with Crippen LogP contribution in [-0.2, 0) is 29.1 Å². The van der Waals surface area contributed by atoms with E-state index in [9.17, 15) is 19.6 Å². The molecule has 3 N–H and O–H groups in total. The van der Waals surface area contributed by atoms with Gasteiger partial charge < -0.3 is 25.4 Å². The summed E-state index contributed by atoms with van der Waals surface area (Å²) >= 11 is 2.85. The van der Waals surface area contributed by atoms with Gasteiger partial charge in [-0.3, -0.25) is 19.3 Å². The molecule has 3 amide bonds. The van der Waals surface area contributed by atoms with Gasteiger partial charge in [0.2, 0.25) is 5.91 Å². The maximum atomic E-state index is 13.8. The molecule has 10 nitrogen and oxygen atoms in total. The molecule has 0 bridgehead atoms. The summed E-state index contributed by atoms with van der Waals surface area (Å²) in [6.07, 6.45) is 2.85. The molecule has 1 atom stereocenters. The Kier molecular flexibility index (Phi) is 13.0. The number of carbonyl (C=O) groups is 3. The average molecular weight is 772 g/mol. The number of hydrogen-bond donors (Lipinski definition) is 3. The molecular weight excluding hydrogens is 731 g/mol. The van der Waals surface area contributed by atoms with Crippen molar-refractivity contribution < 1.29 is 23.9 Å². The van der Waals surface area contributed by atoms with Crippen LogP contribution in [-0.4, -0.2) is 48.6 Å². The lowest BCUT2D eigenvalue weighted by atomic mass is 10.0. The zero-order valence-corrected chi connectivity index (χ0v) is 32.4. The lowest BCUT2D eigenvalue weighted by Crippen LogP contribution is -2.30. The Morgan fingerprint density at radius 2 is 1.67 bits per heavy atom. The van der Waals surface area contributed by atoms with Crippen molar-refractivity contribution in [1.29, 1.82) is 5.26 Å². The van der Waals surface area contributed by atoms with Crippen molar-refractivity contribution in [2.24, 2.45) is 0 Å². The van der Waals surface area contributed by atoms with Gasteiger partial charge in [0.15, 0.2) is 11.5 Å². The zero-order chi connectivity index (χ0) is 38.7. The third-order valence-corrected chi connectivity index (χ3v) is 11.5. The molecule has 12 heteroatoms. The molecule has 1 aliphatic rings. The minimum atomic E-state index is -0.543. The van der Waals surface area contributed by atoms with Crippen LogP contribution in [0.4, 0.5) is 10.7 Å². The first-order valence-corrected chi connectivity index (χ1v) is 19.5. The highest BCUT2D eigenvalue weighted by Gasteiger charge is 2.27. The van der Waals surface area contributed by atoms with Gasteiger partial charge in [-0.05, 0) is 78.1 Å². The number of rotatable bonds is 14. The highest BCUT2D eigenvalue weighted by molar-refractivity contribution is 8.00. The number of anilines is 2. The predicted octanol–water partition coefficient (Wildman–Crippen LogP) is 8.11. The molecule has 1 unspecified atom stereocenters. The fourth-order valence-electron chi connectivity index (χ4n) is 6.22. The Bertz CT molecular complexity index is 2230. The van der Waals surface area contributed by atoms with E-state index in [-0.39, 0.29) is 11.6 Å². The summed E-state index contributed by atoms with van der Waals surface area (Å²) in [4.78, 5) is 44.9. The number of nitrogens with zero attached hydrogens (tertiary/aromatic N) is 2. The predicted molar refractivity (Wildman–Crippen MR) is 218 cm³/mol. The van der Waals surface area contributed by atoms with Crippen LogP contribution in [0, 0.1) is 11.3 Å². The number of nitriles is 1. The minimum absolute atomic E-state index is 0.0140. The molecule has 0 aliphatic carbocycles. The first-order chi connectivity index (χ1) is 26.8. The number of methoxy groups -OCH3 is 2. The highest BCUT2D eigenvalue weighted by atomic mass is 32.2. The molecule has 6 rings (SSSR count). The van der Waals surface area contributed by atoms with Crippen LogP contribution in [0.25, 0.3) is 6.08 Å². The fourth-order valence-corrected chi connectivity index (χ4v) is 8.47. The summed E-state index contributed by atoms with van der Waals surface area (Å²) in [6.45, 7) is 4.34. The van der Waals surface area contributed by atoms with Gasteiger partial charge in [-0.25, -0.2) is 0 Å². The average Bonchev–Trinajstić information content (AvgIpc) is 3.56. The molecule has 0 saturated heterocycles. The number of amides is 3. The second kappa shape index (κ2) is 18.4.